The highest BCUT2D eigenvalue weighted by Crippen LogP contribution is 2.20. The number of nitrogens with one attached hydrogen (secondary N) is 1. The topological polar surface area (TPSA) is 40.1 Å². The van der Waals surface area contributed by atoms with Crippen LogP contribution in [0.3, 0.4) is 0 Å². The normalized spacial score (nSPS) is 15.3. The molecule has 1 aliphatic rings. The molecule has 0 aliphatic carbocycles. The van der Waals surface area contributed by atoms with Crippen LogP contribution >= 0.6 is 35.6 Å². The predicted molar refractivity (Wildman–Crippen MR) is 109 cm³/mol. The summed E-state index contributed by atoms with van der Waals surface area (Å²) in [6, 6.07) is 8.04. The molecule has 23 heavy (non-hydrogen) atoms. The van der Waals surface area contributed by atoms with Gasteiger partial charge in [-0.05, 0) is 25.1 Å². The molecule has 2 rings (SSSR count). The number of halogens is 2. The minimum absolute atomic E-state index is 0. The average Bonchev–Trinajstić information content (AvgIpc) is 2.54. The molecule has 7 heteroatoms. The van der Waals surface area contributed by atoms with Crippen LogP contribution in [0, 0.1) is 0 Å². The maximum Gasteiger partial charge on any atom is 0.194 e. The van der Waals surface area contributed by atoms with Crippen molar-refractivity contribution in [3.05, 3.63) is 29.3 Å². The second-order valence-electron chi connectivity index (χ2n) is 5.18. The van der Waals surface area contributed by atoms with Crippen LogP contribution in [0.15, 0.2) is 29.3 Å². The third kappa shape index (κ3) is 6.35. The quantitative estimate of drug-likeness (QED) is 0.323. The summed E-state index contributed by atoms with van der Waals surface area (Å²) in [5.74, 6) is 0.977. The van der Waals surface area contributed by atoms with E-state index in [1.165, 1.54) is 5.69 Å². The van der Waals surface area contributed by atoms with Crippen molar-refractivity contribution in [1.29, 1.82) is 0 Å². The summed E-state index contributed by atoms with van der Waals surface area (Å²) < 4.78 is 5.07. The van der Waals surface area contributed by atoms with E-state index >= 15 is 0 Å². The van der Waals surface area contributed by atoms with Gasteiger partial charge in [0.15, 0.2) is 5.96 Å². The van der Waals surface area contributed by atoms with E-state index in [-0.39, 0.29) is 24.0 Å². The number of hydrogen-bond donors (Lipinski definition) is 1. The summed E-state index contributed by atoms with van der Waals surface area (Å²) in [6.45, 7) is 8.14. The van der Waals surface area contributed by atoms with E-state index in [2.05, 4.69) is 33.1 Å². The van der Waals surface area contributed by atoms with Gasteiger partial charge >= 0.3 is 0 Å². The van der Waals surface area contributed by atoms with Crippen molar-refractivity contribution in [2.24, 2.45) is 4.99 Å². The number of aliphatic imine (C=N–C) groups is 1. The number of benzene rings is 1. The maximum atomic E-state index is 6.08. The number of rotatable bonds is 5. The molecule has 0 unspecified atom stereocenters. The zero-order valence-electron chi connectivity index (χ0n) is 13.8. The van der Waals surface area contributed by atoms with Crippen molar-refractivity contribution in [1.82, 2.24) is 10.2 Å². The van der Waals surface area contributed by atoms with Crippen LogP contribution in [0.4, 0.5) is 5.69 Å². The van der Waals surface area contributed by atoms with E-state index in [1.807, 2.05) is 18.2 Å². The van der Waals surface area contributed by atoms with Crippen LogP contribution in [0.25, 0.3) is 0 Å². The lowest BCUT2D eigenvalue weighted by atomic mass is 10.2. The van der Waals surface area contributed by atoms with Gasteiger partial charge in [-0.2, -0.15) is 0 Å². The van der Waals surface area contributed by atoms with Gasteiger partial charge in [-0.25, -0.2) is 0 Å². The molecule has 0 aromatic heterocycles. The number of methoxy groups -OCH3 is 1. The van der Waals surface area contributed by atoms with Gasteiger partial charge in [0.05, 0.1) is 13.2 Å². The fraction of sp³-hybridized carbons (Fsp3) is 0.562. The number of piperazine rings is 1. The van der Waals surface area contributed by atoms with Crippen molar-refractivity contribution in [2.75, 3.05) is 57.9 Å². The number of guanidine groups is 1. The van der Waals surface area contributed by atoms with Crippen LogP contribution in [-0.4, -0.2) is 63.8 Å². The first-order chi connectivity index (χ1) is 10.7. The van der Waals surface area contributed by atoms with Gasteiger partial charge in [-0.1, -0.05) is 17.7 Å². The van der Waals surface area contributed by atoms with Gasteiger partial charge in [0.2, 0.25) is 0 Å². The third-order valence-electron chi connectivity index (χ3n) is 3.64. The highest BCUT2D eigenvalue weighted by atomic mass is 127. The summed E-state index contributed by atoms with van der Waals surface area (Å²) >= 11 is 6.08. The first-order valence-electron chi connectivity index (χ1n) is 7.77. The van der Waals surface area contributed by atoms with Crippen LogP contribution in [0.2, 0.25) is 5.02 Å². The molecular weight excluding hydrogens is 427 g/mol. The Morgan fingerprint density at radius 3 is 2.65 bits per heavy atom. The van der Waals surface area contributed by atoms with Gasteiger partial charge in [0, 0.05) is 50.5 Å². The monoisotopic (exact) mass is 452 g/mol. The standard InChI is InChI=1S/C16H25ClN4O.HI/c1-3-18-16(19-7-12-22-2)21-10-8-20(9-11-21)15-6-4-5-14(17)13-15;/h4-6,13H,3,7-12H2,1-2H3,(H,18,19);1H. The molecule has 1 aromatic carbocycles. The Morgan fingerprint density at radius 2 is 2.04 bits per heavy atom. The average molecular weight is 453 g/mol. The maximum absolute atomic E-state index is 6.08. The second kappa shape index (κ2) is 10.9. The summed E-state index contributed by atoms with van der Waals surface area (Å²) in [6.07, 6.45) is 0. The second-order valence-corrected chi connectivity index (χ2v) is 5.62. The van der Waals surface area contributed by atoms with Crippen molar-refractivity contribution in [3.8, 4) is 0 Å². The van der Waals surface area contributed by atoms with Gasteiger partial charge in [-0.3, -0.25) is 4.99 Å². The predicted octanol–water partition coefficient (Wildman–Crippen LogP) is 2.69. The lowest BCUT2D eigenvalue weighted by molar-refractivity contribution is 0.207. The molecule has 5 nitrogen and oxygen atoms in total. The van der Waals surface area contributed by atoms with Crippen molar-refractivity contribution in [3.63, 3.8) is 0 Å². The highest BCUT2D eigenvalue weighted by Gasteiger charge is 2.19. The molecule has 1 aliphatic heterocycles. The Bertz CT molecular complexity index is 493. The molecule has 1 heterocycles. The Kier molecular flexibility index (Phi) is 9.66. The Hall–Kier alpha value is -0.730. The molecule has 0 saturated carbocycles. The fourth-order valence-electron chi connectivity index (χ4n) is 2.52. The van der Waals surface area contributed by atoms with Crippen LogP contribution in [0.1, 0.15) is 6.92 Å². The van der Waals surface area contributed by atoms with Crippen LogP contribution in [0.5, 0.6) is 0 Å². The summed E-state index contributed by atoms with van der Waals surface area (Å²) in [5, 5.41) is 4.14. The highest BCUT2D eigenvalue weighted by molar-refractivity contribution is 14.0. The number of nitrogens with zero attached hydrogens (tertiary/aromatic N) is 3. The van der Waals surface area contributed by atoms with Crippen molar-refractivity contribution in [2.45, 2.75) is 6.92 Å². The van der Waals surface area contributed by atoms with E-state index in [0.717, 1.165) is 43.7 Å². The van der Waals surface area contributed by atoms with E-state index in [4.69, 9.17) is 16.3 Å². The van der Waals surface area contributed by atoms with Gasteiger partial charge in [0.25, 0.3) is 0 Å². The fourth-order valence-corrected chi connectivity index (χ4v) is 2.70. The SMILES string of the molecule is CCNC(=NCCOC)N1CCN(c2cccc(Cl)c2)CC1.I. The van der Waals surface area contributed by atoms with Gasteiger partial charge in [-0.15, -0.1) is 24.0 Å². The molecule has 130 valence electrons. The van der Waals surface area contributed by atoms with E-state index in [1.54, 1.807) is 7.11 Å². The molecule has 0 bridgehead atoms. The lowest BCUT2D eigenvalue weighted by Crippen LogP contribution is -2.52. The van der Waals surface area contributed by atoms with E-state index in [9.17, 15) is 0 Å². The molecule has 1 fully saturated rings. The number of hydrogen-bond acceptors (Lipinski definition) is 3. The minimum Gasteiger partial charge on any atom is -0.383 e. The van der Waals surface area contributed by atoms with Gasteiger partial charge < -0.3 is 19.9 Å². The largest absolute Gasteiger partial charge is 0.383 e. The molecule has 1 saturated heterocycles. The van der Waals surface area contributed by atoms with Crippen molar-refractivity contribution >= 4 is 47.2 Å². The zero-order chi connectivity index (χ0) is 15.8. The molecule has 1 N–H and O–H groups in total. The third-order valence-corrected chi connectivity index (χ3v) is 3.88. The number of ether oxygens (including phenoxy) is 1. The smallest absolute Gasteiger partial charge is 0.194 e. The molecule has 0 amide bonds. The molecular formula is C16H26ClIN4O. The Balaban J connectivity index is 0.00000264. The Morgan fingerprint density at radius 1 is 1.30 bits per heavy atom. The summed E-state index contributed by atoms with van der Waals surface area (Å²) in [4.78, 5) is 9.27. The summed E-state index contributed by atoms with van der Waals surface area (Å²) in [7, 11) is 1.70. The molecule has 0 radical (unpaired) electrons. The molecule has 0 spiro atoms. The lowest BCUT2D eigenvalue weighted by Gasteiger charge is -2.37. The van der Waals surface area contributed by atoms with Crippen LogP contribution in [-0.2, 0) is 4.74 Å². The molecule has 1 aromatic rings. The Labute approximate surface area is 161 Å². The minimum atomic E-state index is 0. The molecule has 0 atom stereocenters. The first-order valence-corrected chi connectivity index (χ1v) is 8.15. The van der Waals surface area contributed by atoms with E-state index < -0.39 is 0 Å². The van der Waals surface area contributed by atoms with Crippen LogP contribution < -0.4 is 10.2 Å². The van der Waals surface area contributed by atoms with E-state index in [0.29, 0.717) is 13.2 Å². The summed E-state index contributed by atoms with van der Waals surface area (Å²) in [5.41, 5.74) is 1.19. The zero-order valence-corrected chi connectivity index (χ0v) is 16.9. The van der Waals surface area contributed by atoms with Gasteiger partial charge in [0.1, 0.15) is 0 Å². The van der Waals surface area contributed by atoms with Crippen molar-refractivity contribution < 1.29 is 4.74 Å². The number of anilines is 1. The first kappa shape index (κ1) is 20.3.